The summed E-state index contributed by atoms with van der Waals surface area (Å²) in [6.07, 6.45) is 1.62. The van der Waals surface area contributed by atoms with E-state index >= 15 is 0 Å². The molecule has 0 atom stereocenters. The van der Waals surface area contributed by atoms with Crippen molar-refractivity contribution in [3.63, 3.8) is 0 Å². The predicted octanol–water partition coefficient (Wildman–Crippen LogP) is 2.01. The molecular formula is C12H7FN2O2S. The molecule has 1 aromatic heterocycles. The van der Waals surface area contributed by atoms with Crippen molar-refractivity contribution in [3.05, 3.63) is 46.2 Å². The summed E-state index contributed by atoms with van der Waals surface area (Å²) in [5.41, 5.74) is 0.568. The Labute approximate surface area is 106 Å². The minimum Gasteiger partial charge on any atom is -0.298 e. The Morgan fingerprint density at radius 2 is 2.17 bits per heavy atom. The number of benzene rings is 1. The zero-order valence-corrected chi connectivity index (χ0v) is 9.91. The summed E-state index contributed by atoms with van der Waals surface area (Å²) in [7, 11) is 0. The second kappa shape index (κ2) is 3.99. The number of carbonyl (C=O) groups is 2. The van der Waals surface area contributed by atoms with E-state index in [0.29, 0.717) is 10.7 Å². The molecule has 0 spiro atoms. The van der Waals surface area contributed by atoms with Crippen LogP contribution >= 0.6 is 11.3 Å². The molecule has 2 heterocycles. The molecule has 0 saturated carbocycles. The molecule has 0 saturated heterocycles. The van der Waals surface area contributed by atoms with Crippen LogP contribution in [0.5, 0.6) is 0 Å². The van der Waals surface area contributed by atoms with Gasteiger partial charge in [0, 0.05) is 11.6 Å². The first kappa shape index (κ1) is 11.0. The predicted molar refractivity (Wildman–Crippen MR) is 64.0 cm³/mol. The van der Waals surface area contributed by atoms with Crippen molar-refractivity contribution in [1.82, 2.24) is 4.98 Å². The first-order valence-corrected chi connectivity index (χ1v) is 6.09. The van der Waals surface area contributed by atoms with Gasteiger partial charge in [-0.05, 0) is 18.2 Å². The summed E-state index contributed by atoms with van der Waals surface area (Å²) in [5.74, 6) is -1.70. The minimum atomic E-state index is -0.634. The number of rotatable bonds is 2. The molecule has 0 bridgehead atoms. The first-order chi connectivity index (χ1) is 8.66. The van der Waals surface area contributed by atoms with Crippen molar-refractivity contribution in [1.29, 1.82) is 0 Å². The standard InChI is InChI=1S/C12H7FN2O2S/c13-7-1-2-8-9(5-7)15(12(17)11(8)16)6-10-14-3-4-18-10/h1-5H,6H2. The minimum absolute atomic E-state index is 0.193. The van der Waals surface area contributed by atoms with Crippen molar-refractivity contribution in [2.24, 2.45) is 0 Å². The van der Waals surface area contributed by atoms with Gasteiger partial charge >= 0.3 is 0 Å². The van der Waals surface area contributed by atoms with Crippen molar-refractivity contribution in [2.45, 2.75) is 6.54 Å². The van der Waals surface area contributed by atoms with Gasteiger partial charge in [-0.3, -0.25) is 14.5 Å². The number of ketones is 1. The molecule has 6 heteroatoms. The largest absolute Gasteiger partial charge is 0.299 e. The fourth-order valence-corrected chi connectivity index (χ4v) is 2.49. The molecule has 0 aliphatic carbocycles. The van der Waals surface area contributed by atoms with Crippen LogP contribution in [0, 0.1) is 5.82 Å². The molecule has 1 aromatic carbocycles. The lowest BCUT2D eigenvalue weighted by atomic mass is 10.1. The molecule has 1 amide bonds. The number of halogens is 1. The van der Waals surface area contributed by atoms with Crippen LogP contribution in [0.4, 0.5) is 10.1 Å². The number of fused-ring (bicyclic) bond motifs is 1. The lowest BCUT2D eigenvalue weighted by Gasteiger charge is -2.14. The molecule has 90 valence electrons. The van der Waals surface area contributed by atoms with E-state index < -0.39 is 17.5 Å². The van der Waals surface area contributed by atoms with Gasteiger partial charge in [-0.1, -0.05) is 0 Å². The third-order valence-corrected chi connectivity index (χ3v) is 3.48. The second-order valence-electron chi connectivity index (χ2n) is 3.81. The molecule has 0 N–H and O–H groups in total. The third kappa shape index (κ3) is 1.62. The van der Waals surface area contributed by atoms with E-state index in [9.17, 15) is 14.0 Å². The van der Waals surface area contributed by atoms with Gasteiger partial charge in [0.1, 0.15) is 10.8 Å². The zero-order valence-electron chi connectivity index (χ0n) is 9.09. The van der Waals surface area contributed by atoms with Crippen molar-refractivity contribution < 1.29 is 14.0 Å². The lowest BCUT2D eigenvalue weighted by Crippen LogP contribution is -2.29. The van der Waals surface area contributed by atoms with Gasteiger partial charge in [-0.25, -0.2) is 9.37 Å². The van der Waals surface area contributed by atoms with Gasteiger partial charge in [0.15, 0.2) is 0 Å². The molecule has 0 fully saturated rings. The van der Waals surface area contributed by atoms with E-state index in [2.05, 4.69) is 4.98 Å². The van der Waals surface area contributed by atoms with E-state index in [0.717, 1.165) is 0 Å². The van der Waals surface area contributed by atoms with Gasteiger partial charge in [0.05, 0.1) is 17.8 Å². The number of carbonyl (C=O) groups excluding carboxylic acids is 2. The third-order valence-electron chi connectivity index (χ3n) is 2.71. The number of hydrogen-bond donors (Lipinski definition) is 0. The van der Waals surface area contributed by atoms with Crippen LogP contribution in [0.1, 0.15) is 15.4 Å². The number of thiazole rings is 1. The number of anilines is 1. The summed E-state index contributed by atoms with van der Waals surface area (Å²) in [5, 5.41) is 2.48. The maximum Gasteiger partial charge on any atom is 0.299 e. The molecule has 2 aromatic rings. The Kier molecular flexibility index (Phi) is 2.45. The summed E-state index contributed by atoms with van der Waals surface area (Å²) < 4.78 is 13.2. The monoisotopic (exact) mass is 262 g/mol. The molecule has 1 aliphatic rings. The molecule has 0 unspecified atom stereocenters. The van der Waals surface area contributed by atoms with E-state index in [4.69, 9.17) is 0 Å². The second-order valence-corrected chi connectivity index (χ2v) is 4.79. The highest BCUT2D eigenvalue weighted by Crippen LogP contribution is 2.31. The average Bonchev–Trinajstić information content (AvgIpc) is 2.93. The summed E-state index contributed by atoms with van der Waals surface area (Å²) in [4.78, 5) is 28.9. The Bertz CT molecular complexity index is 640. The quantitative estimate of drug-likeness (QED) is 0.778. The number of amides is 1. The van der Waals surface area contributed by atoms with Crippen LogP contribution < -0.4 is 4.90 Å². The van der Waals surface area contributed by atoms with E-state index in [1.54, 1.807) is 11.6 Å². The number of aromatic nitrogens is 1. The molecular weight excluding hydrogens is 255 g/mol. The highest BCUT2D eigenvalue weighted by atomic mass is 32.1. The fraction of sp³-hybridized carbons (Fsp3) is 0.0833. The Morgan fingerprint density at radius 1 is 1.33 bits per heavy atom. The van der Waals surface area contributed by atoms with Crippen LogP contribution in [-0.2, 0) is 11.3 Å². The van der Waals surface area contributed by atoms with E-state index in [1.807, 2.05) is 0 Å². The highest BCUT2D eigenvalue weighted by Gasteiger charge is 2.36. The van der Waals surface area contributed by atoms with Crippen LogP contribution in [-0.4, -0.2) is 16.7 Å². The summed E-state index contributed by atoms with van der Waals surface area (Å²) >= 11 is 1.38. The SMILES string of the molecule is O=C1C(=O)N(Cc2nccs2)c2cc(F)ccc21. The molecule has 18 heavy (non-hydrogen) atoms. The van der Waals surface area contributed by atoms with Crippen LogP contribution in [0.3, 0.4) is 0 Å². The average molecular weight is 262 g/mol. The van der Waals surface area contributed by atoms with Crippen LogP contribution in [0.2, 0.25) is 0 Å². The van der Waals surface area contributed by atoms with Gasteiger partial charge in [0.25, 0.3) is 11.7 Å². The normalized spacial score (nSPS) is 14.2. The molecule has 0 radical (unpaired) electrons. The molecule has 1 aliphatic heterocycles. The first-order valence-electron chi connectivity index (χ1n) is 5.21. The maximum atomic E-state index is 13.2. The number of nitrogens with zero attached hydrogens (tertiary/aromatic N) is 2. The molecule has 3 rings (SSSR count). The molecule has 4 nitrogen and oxygen atoms in total. The summed E-state index contributed by atoms with van der Waals surface area (Å²) in [6.45, 7) is 0.193. The summed E-state index contributed by atoms with van der Waals surface area (Å²) in [6, 6.07) is 3.72. The van der Waals surface area contributed by atoms with Crippen molar-refractivity contribution >= 4 is 28.7 Å². The highest BCUT2D eigenvalue weighted by molar-refractivity contribution is 7.09. The van der Waals surface area contributed by atoms with Gasteiger partial charge in [-0.15, -0.1) is 11.3 Å². The Hall–Kier alpha value is -2.08. The smallest absolute Gasteiger partial charge is 0.298 e. The van der Waals surface area contributed by atoms with Gasteiger partial charge < -0.3 is 0 Å². The lowest BCUT2D eigenvalue weighted by molar-refractivity contribution is -0.114. The zero-order chi connectivity index (χ0) is 12.7. The van der Waals surface area contributed by atoms with E-state index in [-0.39, 0.29) is 12.1 Å². The fourth-order valence-electron chi connectivity index (χ4n) is 1.89. The Balaban J connectivity index is 2.03. The van der Waals surface area contributed by atoms with Gasteiger partial charge in [0.2, 0.25) is 0 Å². The van der Waals surface area contributed by atoms with Crippen LogP contribution in [0.25, 0.3) is 0 Å². The number of hydrogen-bond acceptors (Lipinski definition) is 4. The van der Waals surface area contributed by atoms with E-state index in [1.165, 1.54) is 34.4 Å². The van der Waals surface area contributed by atoms with Crippen molar-refractivity contribution in [3.8, 4) is 0 Å². The Morgan fingerprint density at radius 3 is 2.89 bits per heavy atom. The van der Waals surface area contributed by atoms with Crippen LogP contribution in [0.15, 0.2) is 29.8 Å². The number of Topliss-reactive ketones (excluding diaryl/α,β-unsaturated/α-hetero) is 1. The maximum absolute atomic E-state index is 13.2. The van der Waals surface area contributed by atoms with Crippen molar-refractivity contribution in [2.75, 3.05) is 4.90 Å². The van der Waals surface area contributed by atoms with Gasteiger partial charge in [-0.2, -0.15) is 0 Å². The topological polar surface area (TPSA) is 50.3 Å².